The topological polar surface area (TPSA) is 95.6 Å². The first kappa shape index (κ1) is 25.7. The molecule has 1 heterocycles. The largest absolute Gasteiger partial charge is 0.301 e. The van der Waals surface area contributed by atoms with Gasteiger partial charge in [-0.1, -0.05) is 50.2 Å². The highest BCUT2D eigenvalue weighted by Crippen LogP contribution is 2.31. The van der Waals surface area contributed by atoms with Crippen LogP contribution in [0, 0.1) is 5.92 Å². The van der Waals surface area contributed by atoms with Crippen LogP contribution in [0.2, 0.25) is 0 Å². The van der Waals surface area contributed by atoms with Crippen LogP contribution in [-0.4, -0.2) is 58.9 Å². The van der Waals surface area contributed by atoms with Crippen molar-refractivity contribution in [3.63, 3.8) is 0 Å². The van der Waals surface area contributed by atoms with E-state index in [9.17, 15) is 16.8 Å². The van der Waals surface area contributed by atoms with Crippen molar-refractivity contribution in [3.8, 4) is 11.1 Å². The van der Waals surface area contributed by atoms with E-state index in [1.165, 1.54) is 0 Å². The maximum Gasteiger partial charge on any atom is 0.229 e. The van der Waals surface area contributed by atoms with E-state index in [2.05, 4.69) is 28.2 Å². The fraction of sp³-hybridized carbons (Fsp3) is 0.500. The molecule has 1 aliphatic rings. The average Bonchev–Trinajstić information content (AvgIpc) is 3.07. The highest BCUT2D eigenvalue weighted by atomic mass is 32.2. The summed E-state index contributed by atoms with van der Waals surface area (Å²) in [6.45, 7) is 10.1. The van der Waals surface area contributed by atoms with Gasteiger partial charge in [-0.05, 0) is 48.6 Å². The smallest absolute Gasteiger partial charge is 0.229 e. The molecule has 1 fully saturated rings. The maximum absolute atomic E-state index is 12.6. The van der Waals surface area contributed by atoms with E-state index >= 15 is 0 Å². The van der Waals surface area contributed by atoms with Crippen molar-refractivity contribution in [2.24, 2.45) is 5.92 Å². The zero-order valence-corrected chi connectivity index (χ0v) is 21.6. The lowest BCUT2D eigenvalue weighted by Gasteiger charge is -2.22. The second-order valence-corrected chi connectivity index (χ2v) is 13.6. The van der Waals surface area contributed by atoms with Crippen molar-refractivity contribution < 1.29 is 16.8 Å². The van der Waals surface area contributed by atoms with Crippen LogP contribution in [0.5, 0.6) is 0 Å². The summed E-state index contributed by atoms with van der Waals surface area (Å²) in [5.41, 5.74) is 3.47. The van der Waals surface area contributed by atoms with Gasteiger partial charge in [0, 0.05) is 37.3 Å². The van der Waals surface area contributed by atoms with Crippen LogP contribution in [0.4, 0.5) is 5.69 Å². The summed E-state index contributed by atoms with van der Waals surface area (Å²) < 4.78 is 53.7. The van der Waals surface area contributed by atoms with E-state index < -0.39 is 25.3 Å². The quantitative estimate of drug-likeness (QED) is 0.558. The Balaban J connectivity index is 1.84. The summed E-state index contributed by atoms with van der Waals surface area (Å²) in [6, 6.07) is 15.2. The molecule has 0 saturated carbocycles. The molecule has 2 atom stereocenters. The molecule has 2 aromatic carbocycles. The summed E-state index contributed by atoms with van der Waals surface area (Å²) in [7, 11) is -6.72. The van der Waals surface area contributed by atoms with Crippen molar-refractivity contribution in [1.82, 2.24) is 9.62 Å². The van der Waals surface area contributed by atoms with Crippen LogP contribution in [0.1, 0.15) is 39.2 Å². The highest BCUT2D eigenvalue weighted by molar-refractivity contribution is 7.92. The first-order valence-corrected chi connectivity index (χ1v) is 14.7. The van der Waals surface area contributed by atoms with Gasteiger partial charge in [-0.2, -0.15) is 0 Å². The van der Waals surface area contributed by atoms with Crippen molar-refractivity contribution in [2.45, 2.75) is 44.9 Å². The molecule has 7 nitrogen and oxygen atoms in total. The van der Waals surface area contributed by atoms with E-state index in [0.717, 1.165) is 36.0 Å². The first-order chi connectivity index (χ1) is 15.3. The molecule has 3 rings (SSSR count). The lowest BCUT2D eigenvalue weighted by Crippen LogP contribution is -2.43. The van der Waals surface area contributed by atoms with Gasteiger partial charge in [0.2, 0.25) is 20.0 Å². The lowest BCUT2D eigenvalue weighted by molar-refractivity contribution is 0.291. The van der Waals surface area contributed by atoms with Gasteiger partial charge in [-0.25, -0.2) is 21.6 Å². The summed E-state index contributed by atoms with van der Waals surface area (Å²) in [4.78, 5) is 2.33. The van der Waals surface area contributed by atoms with Gasteiger partial charge in [-0.3, -0.25) is 4.72 Å². The Morgan fingerprint density at radius 3 is 2.18 bits per heavy atom. The van der Waals surface area contributed by atoms with Gasteiger partial charge in [-0.15, -0.1) is 0 Å². The van der Waals surface area contributed by atoms with E-state index in [0.29, 0.717) is 18.2 Å². The second-order valence-electron chi connectivity index (χ2n) is 9.61. The standard InChI is InChI=1S/C24H35N3O4S2/c1-17(2)14-27-15-23(24(16-27)26-33(30,31)18(3)4)20-11-9-19(10-12-20)21-7-6-8-22(13-21)25-32(5,28)29/h6-13,17-18,23-26H,14-16H2,1-5H3/t23-,24+/m1/s1. The van der Waals surface area contributed by atoms with Gasteiger partial charge in [0.25, 0.3) is 0 Å². The van der Waals surface area contributed by atoms with Crippen molar-refractivity contribution in [1.29, 1.82) is 0 Å². The van der Waals surface area contributed by atoms with Crippen molar-refractivity contribution in [3.05, 3.63) is 54.1 Å². The fourth-order valence-electron chi connectivity index (χ4n) is 4.25. The number of rotatable bonds is 9. The predicted octanol–water partition coefficient (Wildman–Crippen LogP) is 3.48. The molecule has 33 heavy (non-hydrogen) atoms. The number of nitrogens with zero attached hydrogens (tertiary/aromatic N) is 1. The predicted molar refractivity (Wildman–Crippen MR) is 135 cm³/mol. The third-order valence-electron chi connectivity index (χ3n) is 5.79. The van der Waals surface area contributed by atoms with Gasteiger partial charge in [0.05, 0.1) is 11.5 Å². The van der Waals surface area contributed by atoms with E-state index in [-0.39, 0.29) is 12.0 Å². The molecule has 182 valence electrons. The van der Waals surface area contributed by atoms with E-state index in [1.807, 2.05) is 36.4 Å². The molecule has 0 amide bonds. The van der Waals surface area contributed by atoms with Crippen LogP contribution >= 0.6 is 0 Å². The summed E-state index contributed by atoms with van der Waals surface area (Å²) in [6.07, 6.45) is 1.13. The number of sulfonamides is 2. The Kier molecular flexibility index (Phi) is 7.88. The molecule has 0 radical (unpaired) electrons. The normalized spacial score (nSPS) is 20.0. The molecule has 0 bridgehead atoms. The molecular weight excluding hydrogens is 458 g/mol. The molecule has 0 spiro atoms. The summed E-state index contributed by atoms with van der Waals surface area (Å²) in [5.74, 6) is 0.561. The van der Waals surface area contributed by atoms with Crippen LogP contribution in [-0.2, 0) is 20.0 Å². The fourth-order valence-corrected chi connectivity index (χ4v) is 5.74. The highest BCUT2D eigenvalue weighted by Gasteiger charge is 2.37. The van der Waals surface area contributed by atoms with Crippen molar-refractivity contribution >= 4 is 25.7 Å². The Labute approximate surface area is 198 Å². The molecule has 1 saturated heterocycles. The van der Waals surface area contributed by atoms with E-state index in [4.69, 9.17) is 0 Å². The molecule has 9 heteroatoms. The third kappa shape index (κ3) is 7.02. The zero-order valence-electron chi connectivity index (χ0n) is 19.9. The molecular formula is C24H35N3O4S2. The minimum absolute atomic E-state index is 0.0598. The molecule has 0 unspecified atom stereocenters. The summed E-state index contributed by atoms with van der Waals surface area (Å²) in [5, 5.41) is -0.479. The second kappa shape index (κ2) is 10.1. The first-order valence-electron chi connectivity index (χ1n) is 11.3. The van der Waals surface area contributed by atoms with Crippen LogP contribution in [0.15, 0.2) is 48.5 Å². The van der Waals surface area contributed by atoms with Crippen molar-refractivity contribution in [2.75, 3.05) is 30.6 Å². The number of nitrogens with one attached hydrogen (secondary N) is 2. The number of hydrogen-bond acceptors (Lipinski definition) is 5. The molecule has 0 aromatic heterocycles. The van der Waals surface area contributed by atoms with Gasteiger partial charge >= 0.3 is 0 Å². The Hall–Kier alpha value is -1.94. The number of hydrogen-bond donors (Lipinski definition) is 2. The van der Waals surface area contributed by atoms with Gasteiger partial charge in [0.15, 0.2) is 0 Å². The number of anilines is 1. The van der Waals surface area contributed by atoms with E-state index in [1.54, 1.807) is 26.0 Å². The average molecular weight is 494 g/mol. The Morgan fingerprint density at radius 2 is 1.61 bits per heavy atom. The van der Waals surface area contributed by atoms with Crippen LogP contribution in [0.3, 0.4) is 0 Å². The SMILES string of the molecule is CC(C)CN1C[C@H](NS(=O)(=O)C(C)C)[C@@H](c2ccc(-c3cccc(NS(C)(=O)=O)c3)cc2)C1. The minimum atomic E-state index is -3.38. The minimum Gasteiger partial charge on any atom is -0.301 e. The third-order valence-corrected chi connectivity index (χ3v) is 8.27. The lowest BCUT2D eigenvalue weighted by atomic mass is 9.93. The molecule has 2 aromatic rings. The molecule has 1 aliphatic heterocycles. The Morgan fingerprint density at radius 1 is 0.939 bits per heavy atom. The number of benzene rings is 2. The zero-order chi connectivity index (χ0) is 24.4. The Bertz CT molecular complexity index is 1160. The van der Waals surface area contributed by atoms with Gasteiger partial charge < -0.3 is 4.90 Å². The maximum atomic E-state index is 12.6. The van der Waals surface area contributed by atoms with Crippen LogP contribution < -0.4 is 9.44 Å². The monoisotopic (exact) mass is 493 g/mol. The van der Waals surface area contributed by atoms with Gasteiger partial charge in [0.1, 0.15) is 0 Å². The molecule has 0 aliphatic carbocycles. The molecule has 2 N–H and O–H groups in total. The van der Waals surface area contributed by atoms with Crippen LogP contribution in [0.25, 0.3) is 11.1 Å². The summed E-state index contributed by atoms with van der Waals surface area (Å²) >= 11 is 0. The number of likely N-dealkylation sites (tertiary alicyclic amines) is 1.